The molecule has 4 rings (SSSR count). The molecule has 8 nitrogen and oxygen atoms in total. The molecule has 1 fully saturated rings. The van der Waals surface area contributed by atoms with Crippen molar-refractivity contribution in [2.45, 2.75) is 32.2 Å². The number of nitrogens with zero attached hydrogens (tertiary/aromatic N) is 4. The fraction of sp³-hybridized carbons (Fsp3) is 0.417. The number of morpholine rings is 1. The monoisotopic (exact) mass is 521 g/mol. The molecule has 12 heteroatoms. The number of rotatable bonds is 7. The van der Waals surface area contributed by atoms with Gasteiger partial charge in [-0.05, 0) is 39.1 Å². The van der Waals surface area contributed by atoms with Gasteiger partial charge in [0.15, 0.2) is 5.69 Å². The molecule has 1 N–H and O–H groups in total. The number of halogens is 3. The van der Waals surface area contributed by atoms with Crippen LogP contribution < -0.4 is 10.1 Å². The van der Waals surface area contributed by atoms with Crippen LogP contribution >= 0.6 is 11.3 Å². The van der Waals surface area contributed by atoms with Crippen LogP contribution in [-0.4, -0.2) is 65.2 Å². The zero-order chi connectivity index (χ0) is 25.9. The second kappa shape index (κ2) is 10.9. The molecule has 0 unspecified atom stereocenters. The van der Waals surface area contributed by atoms with E-state index in [0.29, 0.717) is 30.7 Å². The quantitative estimate of drug-likeness (QED) is 0.500. The summed E-state index contributed by atoms with van der Waals surface area (Å²) in [6, 6.07) is 4.48. The first-order valence-corrected chi connectivity index (χ1v) is 12.1. The molecule has 192 valence electrons. The molecule has 1 amide bonds. The van der Waals surface area contributed by atoms with Crippen LogP contribution in [0.25, 0.3) is 10.6 Å². The summed E-state index contributed by atoms with van der Waals surface area (Å²) < 4.78 is 50.1. The summed E-state index contributed by atoms with van der Waals surface area (Å²) in [5.74, 6) is 0.0575. The largest absolute Gasteiger partial charge is 0.491 e. The van der Waals surface area contributed by atoms with Crippen molar-refractivity contribution in [3.05, 3.63) is 58.6 Å². The first-order valence-electron chi connectivity index (χ1n) is 11.3. The number of hydrogen-bond donors (Lipinski definition) is 1. The number of aromatic nitrogens is 3. The predicted octanol–water partition coefficient (Wildman–Crippen LogP) is 4.13. The summed E-state index contributed by atoms with van der Waals surface area (Å²) in [6.45, 7) is 6.12. The number of ether oxygens (including phenoxy) is 2. The fourth-order valence-electron chi connectivity index (χ4n) is 3.64. The van der Waals surface area contributed by atoms with Crippen LogP contribution in [-0.2, 0) is 10.9 Å². The Bertz CT molecular complexity index is 1200. The third kappa shape index (κ3) is 6.56. The van der Waals surface area contributed by atoms with Crippen LogP contribution in [0.1, 0.15) is 39.6 Å². The first kappa shape index (κ1) is 26.0. The van der Waals surface area contributed by atoms with Crippen molar-refractivity contribution in [3.8, 4) is 16.3 Å². The maximum Gasteiger partial charge on any atom is 0.434 e. The molecule has 36 heavy (non-hydrogen) atoms. The van der Waals surface area contributed by atoms with Crippen LogP contribution in [0.3, 0.4) is 0 Å². The van der Waals surface area contributed by atoms with E-state index in [4.69, 9.17) is 9.47 Å². The van der Waals surface area contributed by atoms with Gasteiger partial charge in [-0.3, -0.25) is 9.78 Å². The Hall–Kier alpha value is -3.09. The molecule has 1 saturated heterocycles. The average molecular weight is 522 g/mol. The summed E-state index contributed by atoms with van der Waals surface area (Å²) in [4.78, 5) is 27.9. The Morgan fingerprint density at radius 1 is 1.25 bits per heavy atom. The Kier molecular flexibility index (Phi) is 7.86. The van der Waals surface area contributed by atoms with Gasteiger partial charge in [0.2, 0.25) is 0 Å². The highest BCUT2D eigenvalue weighted by atomic mass is 32.1. The summed E-state index contributed by atoms with van der Waals surface area (Å²) in [7, 11) is 2.02. The number of alkyl halides is 3. The van der Waals surface area contributed by atoms with Crippen molar-refractivity contribution in [2.24, 2.45) is 0 Å². The van der Waals surface area contributed by atoms with Gasteiger partial charge >= 0.3 is 6.18 Å². The maximum absolute atomic E-state index is 13.1. The molecule has 0 saturated carbocycles. The molecule has 2 aromatic heterocycles. The summed E-state index contributed by atoms with van der Waals surface area (Å²) in [5, 5.41) is 3.50. The zero-order valence-corrected chi connectivity index (χ0v) is 20.8. The van der Waals surface area contributed by atoms with E-state index in [9.17, 15) is 18.0 Å². The van der Waals surface area contributed by atoms with Crippen molar-refractivity contribution in [1.82, 2.24) is 25.2 Å². The number of nitrogens with one attached hydrogen (secondary N) is 1. The van der Waals surface area contributed by atoms with Gasteiger partial charge in [0.05, 0.1) is 30.7 Å². The summed E-state index contributed by atoms with van der Waals surface area (Å²) in [6.07, 6.45) is -1.26. The number of aryl methyl sites for hydroxylation is 1. The topological polar surface area (TPSA) is 89.5 Å². The summed E-state index contributed by atoms with van der Waals surface area (Å²) >= 11 is 1.49. The third-order valence-corrected chi connectivity index (χ3v) is 6.53. The van der Waals surface area contributed by atoms with E-state index in [1.54, 1.807) is 25.3 Å². The van der Waals surface area contributed by atoms with E-state index < -0.39 is 23.8 Å². The average Bonchev–Trinajstić information content (AvgIpc) is 3.28. The standard InChI is InChI=1S/C24H26F3N5O3S/c1-14-9-30-23(36-14)17-6-16(7-18(8-17)35-13-19-12-32(3)4-5-34-19)22(33)31-15(2)20-10-29-21(11-28-20)24(25,26)27/h6-11,15,19H,4-5,12-13H2,1-3H3,(H,31,33)/t15-,19-/m1/s1. The van der Waals surface area contributed by atoms with Gasteiger partial charge in [-0.1, -0.05) is 0 Å². The first-order chi connectivity index (χ1) is 17.1. The van der Waals surface area contributed by atoms with Crippen LogP contribution in [0.5, 0.6) is 5.75 Å². The minimum atomic E-state index is -4.58. The second-order valence-electron chi connectivity index (χ2n) is 8.61. The van der Waals surface area contributed by atoms with Gasteiger partial charge in [-0.25, -0.2) is 9.97 Å². The second-order valence-corrected chi connectivity index (χ2v) is 9.84. The lowest BCUT2D eigenvalue weighted by Crippen LogP contribution is -2.42. The molecule has 2 atom stereocenters. The lowest BCUT2D eigenvalue weighted by molar-refractivity contribution is -0.141. The Morgan fingerprint density at radius 3 is 2.69 bits per heavy atom. The van der Waals surface area contributed by atoms with Crippen molar-refractivity contribution < 1.29 is 27.4 Å². The summed E-state index contributed by atoms with van der Waals surface area (Å²) in [5.41, 5.74) is 0.160. The molecule has 1 aliphatic heterocycles. The Balaban J connectivity index is 1.52. The van der Waals surface area contributed by atoms with E-state index in [1.807, 2.05) is 20.0 Å². The maximum atomic E-state index is 13.1. The number of carbonyl (C=O) groups excluding carboxylic acids is 1. The lowest BCUT2D eigenvalue weighted by atomic mass is 10.1. The predicted molar refractivity (Wildman–Crippen MR) is 128 cm³/mol. The fourth-order valence-corrected chi connectivity index (χ4v) is 4.40. The SMILES string of the molecule is Cc1cnc(-c2cc(OC[C@H]3CN(C)CCO3)cc(C(=O)N[C@H](C)c3cnc(C(F)(F)F)cn3)c2)s1. The van der Waals surface area contributed by atoms with E-state index in [-0.39, 0.29) is 11.8 Å². The van der Waals surface area contributed by atoms with Gasteiger partial charge in [0, 0.05) is 35.3 Å². The number of likely N-dealkylation sites (N-methyl/N-ethyl adjacent to an activating group) is 1. The highest BCUT2D eigenvalue weighted by Crippen LogP contribution is 2.30. The third-order valence-electron chi connectivity index (χ3n) is 5.57. The lowest BCUT2D eigenvalue weighted by Gasteiger charge is -2.29. The molecule has 0 aliphatic carbocycles. The van der Waals surface area contributed by atoms with E-state index in [0.717, 1.165) is 34.7 Å². The Labute approximate surface area is 210 Å². The number of amides is 1. The number of benzene rings is 1. The molecule has 0 bridgehead atoms. The van der Waals surface area contributed by atoms with Crippen molar-refractivity contribution in [1.29, 1.82) is 0 Å². The number of thiazole rings is 1. The van der Waals surface area contributed by atoms with E-state index in [1.165, 1.54) is 11.3 Å². The minimum Gasteiger partial charge on any atom is -0.491 e. The van der Waals surface area contributed by atoms with Gasteiger partial charge < -0.3 is 19.7 Å². The van der Waals surface area contributed by atoms with Gasteiger partial charge in [0.1, 0.15) is 23.5 Å². The zero-order valence-electron chi connectivity index (χ0n) is 20.0. The molecular formula is C24H26F3N5O3S. The molecule has 3 aromatic rings. The smallest absolute Gasteiger partial charge is 0.434 e. The Morgan fingerprint density at radius 2 is 2.06 bits per heavy atom. The number of hydrogen-bond acceptors (Lipinski definition) is 8. The molecule has 1 aliphatic rings. The van der Waals surface area contributed by atoms with E-state index in [2.05, 4.69) is 25.2 Å². The van der Waals surface area contributed by atoms with Crippen molar-refractivity contribution >= 4 is 17.2 Å². The molecule has 0 spiro atoms. The van der Waals surface area contributed by atoms with Crippen LogP contribution in [0.15, 0.2) is 36.8 Å². The van der Waals surface area contributed by atoms with Gasteiger partial charge in [-0.2, -0.15) is 13.2 Å². The molecular weight excluding hydrogens is 495 g/mol. The molecule has 3 heterocycles. The van der Waals surface area contributed by atoms with Crippen molar-refractivity contribution in [2.75, 3.05) is 33.4 Å². The molecule has 0 radical (unpaired) electrons. The van der Waals surface area contributed by atoms with Crippen LogP contribution in [0.4, 0.5) is 13.2 Å². The minimum absolute atomic E-state index is 0.0925. The van der Waals surface area contributed by atoms with Gasteiger partial charge in [0.25, 0.3) is 5.91 Å². The number of carbonyl (C=O) groups is 1. The highest BCUT2D eigenvalue weighted by molar-refractivity contribution is 7.14. The van der Waals surface area contributed by atoms with Crippen molar-refractivity contribution in [3.63, 3.8) is 0 Å². The van der Waals surface area contributed by atoms with Gasteiger partial charge in [-0.15, -0.1) is 11.3 Å². The highest BCUT2D eigenvalue weighted by Gasteiger charge is 2.33. The van der Waals surface area contributed by atoms with Crippen LogP contribution in [0.2, 0.25) is 0 Å². The molecule has 1 aromatic carbocycles. The van der Waals surface area contributed by atoms with E-state index >= 15 is 0 Å². The normalized spacial score (nSPS) is 17.6. The van der Waals surface area contributed by atoms with Crippen LogP contribution in [0, 0.1) is 6.92 Å².